The highest BCUT2D eigenvalue weighted by molar-refractivity contribution is 4.22. The summed E-state index contributed by atoms with van der Waals surface area (Å²) in [6.45, 7) is 12.0. The molecule has 0 aliphatic carbocycles. The zero-order valence-corrected chi connectivity index (χ0v) is 4.95. The smallest absolute Gasteiger partial charge is 0.106 e. The van der Waals surface area contributed by atoms with Crippen molar-refractivity contribution < 1.29 is 0 Å². The Morgan fingerprint density at radius 1 is 0.429 bits per heavy atom. The van der Waals surface area contributed by atoms with E-state index in [0.717, 1.165) is 0 Å². The van der Waals surface area contributed by atoms with Gasteiger partial charge in [0, 0.05) is 0 Å². The molecule has 0 radical (unpaired) electrons. The SMILES string of the molecule is C=C.C=C.N.N.N. The average molecular weight is 107 g/mol. The zero-order chi connectivity index (χ0) is 4.00. The van der Waals surface area contributed by atoms with Gasteiger partial charge in [0.05, 0.1) is 0 Å². The summed E-state index contributed by atoms with van der Waals surface area (Å²) in [5.41, 5.74) is 0. The maximum atomic E-state index is 3.00. The predicted molar refractivity (Wildman–Crippen MR) is 37.6 cm³/mol. The Morgan fingerprint density at radius 2 is 0.429 bits per heavy atom. The molecule has 48 valence electrons. The van der Waals surface area contributed by atoms with E-state index in [2.05, 4.69) is 26.3 Å². The lowest BCUT2D eigenvalue weighted by Gasteiger charge is -0.813. The number of rotatable bonds is 0. The van der Waals surface area contributed by atoms with Crippen LogP contribution in [0.15, 0.2) is 26.3 Å². The van der Waals surface area contributed by atoms with Crippen LogP contribution in [0.25, 0.3) is 0 Å². The van der Waals surface area contributed by atoms with Crippen molar-refractivity contribution in [3.05, 3.63) is 26.3 Å². The van der Waals surface area contributed by atoms with Crippen molar-refractivity contribution in [2.24, 2.45) is 0 Å². The Balaban J connectivity index is -0.00000000267. The van der Waals surface area contributed by atoms with E-state index in [1.807, 2.05) is 0 Å². The van der Waals surface area contributed by atoms with E-state index in [-0.39, 0.29) is 18.5 Å². The van der Waals surface area contributed by atoms with Crippen LogP contribution in [-0.2, 0) is 0 Å². The van der Waals surface area contributed by atoms with Crippen LogP contribution in [0.5, 0.6) is 0 Å². The molecular formula is C4H17N3. The van der Waals surface area contributed by atoms with Crippen molar-refractivity contribution in [2.75, 3.05) is 0 Å². The minimum absolute atomic E-state index is 0. The molecule has 0 heterocycles. The molecule has 0 aromatic carbocycles. The molecule has 0 aromatic rings. The van der Waals surface area contributed by atoms with Crippen molar-refractivity contribution >= 4 is 0 Å². The molecule has 0 aliphatic rings. The highest BCUT2D eigenvalue weighted by Gasteiger charge is 0.603. The Labute approximate surface area is 45.9 Å². The summed E-state index contributed by atoms with van der Waals surface area (Å²) in [6.07, 6.45) is 0. The molecule has 0 amide bonds. The summed E-state index contributed by atoms with van der Waals surface area (Å²) in [6, 6.07) is 0. The second-order valence-corrected chi connectivity index (χ2v) is 0. The first-order valence-corrected chi connectivity index (χ1v) is 1.000. The molecule has 0 aliphatic heterocycles. The molecule has 0 rings (SSSR count). The first-order valence-electron chi connectivity index (χ1n) is 1.000. The second-order valence-electron chi connectivity index (χ2n) is 0. The Morgan fingerprint density at radius 3 is 0.429 bits per heavy atom. The van der Waals surface area contributed by atoms with Gasteiger partial charge in [0.15, 0.2) is 0 Å². The Hall–Kier alpha value is -0.640. The summed E-state index contributed by atoms with van der Waals surface area (Å²) in [4.78, 5) is 0. The van der Waals surface area contributed by atoms with Crippen LogP contribution in [0.1, 0.15) is 0 Å². The highest BCUT2D eigenvalue weighted by atomic mass is 14.0. The third-order valence-corrected chi connectivity index (χ3v) is 0. The molecular weight excluding hydrogens is 90.1 g/mol. The minimum Gasteiger partial charge on any atom is -0.344 e. The molecule has 0 fully saturated rings. The van der Waals surface area contributed by atoms with Gasteiger partial charge < -0.3 is 18.5 Å². The maximum absolute atomic E-state index is 3.00. The van der Waals surface area contributed by atoms with Gasteiger partial charge in [0.2, 0.25) is 0 Å². The van der Waals surface area contributed by atoms with E-state index in [9.17, 15) is 0 Å². The molecule has 3 nitrogen and oxygen atoms in total. The van der Waals surface area contributed by atoms with E-state index in [4.69, 9.17) is 0 Å². The van der Waals surface area contributed by atoms with Gasteiger partial charge in [-0.15, -0.1) is 26.3 Å². The van der Waals surface area contributed by atoms with Gasteiger partial charge in [-0.25, -0.2) is 0 Å². The van der Waals surface area contributed by atoms with Crippen LogP contribution < -0.4 is 18.5 Å². The normalized spacial score (nSPS) is 1.14. The fraction of sp³-hybridized carbons (Fsp3) is 0. The van der Waals surface area contributed by atoms with Gasteiger partial charge in [-0.05, 0) is 0 Å². The summed E-state index contributed by atoms with van der Waals surface area (Å²) in [5.74, 6) is 0. The third-order valence-electron chi connectivity index (χ3n) is 0. The van der Waals surface area contributed by atoms with Crippen molar-refractivity contribution in [3.63, 3.8) is 0 Å². The fourth-order valence-corrected chi connectivity index (χ4v) is 0. The number of hydrogen-bond acceptors (Lipinski definition) is 3. The second kappa shape index (κ2) is 249. The molecule has 0 aromatic heterocycles. The first-order chi connectivity index (χ1) is 2.00. The molecule has 0 bridgehead atoms. The van der Waals surface area contributed by atoms with Gasteiger partial charge in [0.25, 0.3) is 0 Å². The van der Waals surface area contributed by atoms with E-state index in [1.54, 1.807) is 0 Å². The van der Waals surface area contributed by atoms with Gasteiger partial charge >= 0.3 is 0 Å². The monoisotopic (exact) mass is 107 g/mol. The summed E-state index contributed by atoms with van der Waals surface area (Å²) in [7, 11) is 0. The van der Waals surface area contributed by atoms with Crippen molar-refractivity contribution in [3.8, 4) is 0 Å². The van der Waals surface area contributed by atoms with E-state index < -0.39 is 0 Å². The largest absolute Gasteiger partial charge is 0.344 e. The lowest BCUT2D eigenvalue weighted by atomic mass is 11.3. The van der Waals surface area contributed by atoms with Gasteiger partial charge in [-0.2, -0.15) is 0 Å². The van der Waals surface area contributed by atoms with Crippen molar-refractivity contribution in [1.29, 1.82) is 0 Å². The van der Waals surface area contributed by atoms with Crippen LogP contribution in [0.2, 0.25) is 0 Å². The van der Waals surface area contributed by atoms with E-state index in [1.165, 1.54) is 0 Å². The standard InChI is InChI=1S/2C2H4.3H3N/c2*1-2;;;/h2*1-2H2;3*1H3. The fourth-order valence-electron chi connectivity index (χ4n) is 0. The molecule has 9 N–H and O–H groups in total. The predicted octanol–water partition coefficient (Wildman–Crippen LogP) is 2.09. The maximum Gasteiger partial charge on any atom is -0.106 e. The summed E-state index contributed by atoms with van der Waals surface area (Å²) >= 11 is 0. The van der Waals surface area contributed by atoms with Crippen LogP contribution in [0.3, 0.4) is 0 Å². The van der Waals surface area contributed by atoms with E-state index in [0.29, 0.717) is 0 Å². The van der Waals surface area contributed by atoms with Crippen molar-refractivity contribution in [2.45, 2.75) is 0 Å². The lowest BCUT2D eigenvalue weighted by Crippen LogP contribution is -0.552. The average Bonchev–Trinajstić information content (AvgIpc) is 1.50. The summed E-state index contributed by atoms with van der Waals surface area (Å²) < 4.78 is 0. The van der Waals surface area contributed by atoms with Gasteiger partial charge in [-0.1, -0.05) is 0 Å². The lowest BCUT2D eigenvalue weighted by molar-refractivity contribution is 2.13. The quantitative estimate of drug-likeness (QED) is 0.412. The van der Waals surface area contributed by atoms with Crippen LogP contribution in [-0.4, -0.2) is 0 Å². The van der Waals surface area contributed by atoms with Crippen LogP contribution in [0, 0.1) is 0 Å². The Bertz CT molecular complexity index is 8.90. The number of hydrogen-bond donors (Lipinski definition) is 3. The molecule has 0 unspecified atom stereocenters. The first kappa shape index (κ1) is 98.8. The molecule has 7 heavy (non-hydrogen) atoms. The zero-order valence-electron chi connectivity index (χ0n) is 4.95. The van der Waals surface area contributed by atoms with Gasteiger partial charge in [0.1, 0.15) is 0 Å². The molecule has 0 spiro atoms. The molecule has 0 saturated carbocycles. The van der Waals surface area contributed by atoms with E-state index >= 15 is 0 Å². The molecule has 0 saturated heterocycles. The van der Waals surface area contributed by atoms with Crippen LogP contribution >= 0.6 is 0 Å². The minimum atomic E-state index is 0. The van der Waals surface area contributed by atoms with Crippen LogP contribution in [0.4, 0.5) is 0 Å². The molecule has 0 atom stereocenters. The topological polar surface area (TPSA) is 105 Å². The molecule has 3 heteroatoms. The Kier molecular flexibility index (Phi) is 3510. The highest BCUT2D eigenvalue weighted by Crippen LogP contribution is 0.864. The van der Waals surface area contributed by atoms with Gasteiger partial charge in [-0.3, -0.25) is 0 Å². The van der Waals surface area contributed by atoms with Crippen molar-refractivity contribution in [1.82, 2.24) is 18.5 Å². The third kappa shape index (κ3) is 148. The summed E-state index contributed by atoms with van der Waals surface area (Å²) in [5, 5.41) is 0.